The number of hydrogen-bond acceptors (Lipinski definition) is 4. The summed E-state index contributed by atoms with van der Waals surface area (Å²) in [6.45, 7) is 2.48. The standard InChI is InChI=1S/C17H25IN4O/c1-20(16-8-5-14(18)9-19-16)10-13-3-6-15(7-4-13)22-11-17(23)21(2)12-22/h5,8-9,13,15H,3-4,6-7,10-12H2,1-2H3. The van der Waals surface area contributed by atoms with Crippen molar-refractivity contribution in [3.63, 3.8) is 0 Å². The molecule has 0 N–H and O–H groups in total. The van der Waals surface area contributed by atoms with Gasteiger partial charge in [-0.05, 0) is 66.3 Å². The van der Waals surface area contributed by atoms with Gasteiger partial charge in [0.2, 0.25) is 5.91 Å². The number of likely N-dealkylation sites (N-methyl/N-ethyl adjacent to an activating group) is 1. The van der Waals surface area contributed by atoms with Crippen molar-refractivity contribution in [1.82, 2.24) is 14.8 Å². The average Bonchev–Trinajstić information content (AvgIpc) is 2.88. The summed E-state index contributed by atoms with van der Waals surface area (Å²) in [6, 6.07) is 4.79. The van der Waals surface area contributed by atoms with Crippen LogP contribution in [-0.4, -0.2) is 60.6 Å². The summed E-state index contributed by atoms with van der Waals surface area (Å²) >= 11 is 2.29. The van der Waals surface area contributed by atoms with Gasteiger partial charge in [-0.25, -0.2) is 4.98 Å². The van der Waals surface area contributed by atoms with Crippen LogP contribution in [0.15, 0.2) is 18.3 Å². The first-order chi connectivity index (χ1) is 11.0. The molecule has 126 valence electrons. The summed E-state index contributed by atoms with van der Waals surface area (Å²) in [5.41, 5.74) is 0. The van der Waals surface area contributed by atoms with Crippen molar-refractivity contribution in [3.05, 3.63) is 21.9 Å². The number of pyridine rings is 1. The SMILES string of the molecule is CN1CN(C2CCC(CN(C)c3ccc(I)cn3)CC2)CC1=O. The lowest BCUT2D eigenvalue weighted by Crippen LogP contribution is -2.39. The van der Waals surface area contributed by atoms with E-state index in [1.807, 2.05) is 18.1 Å². The Balaban J connectivity index is 1.47. The third kappa shape index (κ3) is 4.15. The van der Waals surface area contributed by atoms with Crippen molar-refractivity contribution >= 4 is 34.3 Å². The number of amides is 1. The van der Waals surface area contributed by atoms with Crippen molar-refractivity contribution in [3.8, 4) is 0 Å². The van der Waals surface area contributed by atoms with Gasteiger partial charge in [0.05, 0.1) is 13.2 Å². The molecule has 0 unspecified atom stereocenters. The van der Waals surface area contributed by atoms with Crippen molar-refractivity contribution < 1.29 is 4.79 Å². The minimum Gasteiger partial charge on any atom is -0.359 e. The van der Waals surface area contributed by atoms with Gasteiger partial charge in [-0.3, -0.25) is 9.69 Å². The lowest BCUT2D eigenvalue weighted by Gasteiger charge is -2.35. The van der Waals surface area contributed by atoms with E-state index in [9.17, 15) is 4.79 Å². The first-order valence-corrected chi connectivity index (χ1v) is 9.41. The predicted molar refractivity (Wildman–Crippen MR) is 100 cm³/mol. The molecule has 0 atom stereocenters. The molecule has 0 radical (unpaired) electrons. The summed E-state index contributed by atoms with van der Waals surface area (Å²) < 4.78 is 1.17. The van der Waals surface area contributed by atoms with Crippen LogP contribution in [0, 0.1) is 9.49 Å². The van der Waals surface area contributed by atoms with Crippen LogP contribution in [0.1, 0.15) is 25.7 Å². The average molecular weight is 428 g/mol. The molecule has 0 aromatic carbocycles. The van der Waals surface area contributed by atoms with E-state index < -0.39 is 0 Å². The van der Waals surface area contributed by atoms with Crippen LogP contribution >= 0.6 is 22.6 Å². The van der Waals surface area contributed by atoms with Gasteiger partial charge in [0.25, 0.3) is 0 Å². The molecule has 3 rings (SSSR count). The van der Waals surface area contributed by atoms with Gasteiger partial charge >= 0.3 is 0 Å². The van der Waals surface area contributed by atoms with Crippen LogP contribution in [0.5, 0.6) is 0 Å². The zero-order valence-corrected chi connectivity index (χ0v) is 16.1. The summed E-state index contributed by atoms with van der Waals surface area (Å²) in [6.07, 6.45) is 6.82. The maximum atomic E-state index is 11.7. The fraction of sp³-hybridized carbons (Fsp3) is 0.647. The molecule has 1 amide bonds. The second-order valence-electron chi connectivity index (χ2n) is 6.87. The molecular weight excluding hydrogens is 403 g/mol. The number of aromatic nitrogens is 1. The zero-order chi connectivity index (χ0) is 16.4. The molecule has 6 heteroatoms. The lowest BCUT2D eigenvalue weighted by atomic mass is 9.85. The summed E-state index contributed by atoms with van der Waals surface area (Å²) in [5.74, 6) is 2.05. The Labute approximate surface area is 152 Å². The Hall–Kier alpha value is -0.890. The quantitative estimate of drug-likeness (QED) is 0.691. The van der Waals surface area contributed by atoms with Crippen LogP contribution in [0.2, 0.25) is 0 Å². The Kier molecular flexibility index (Phi) is 5.41. The summed E-state index contributed by atoms with van der Waals surface area (Å²) in [4.78, 5) is 22.7. The second-order valence-corrected chi connectivity index (χ2v) is 8.12. The van der Waals surface area contributed by atoms with Crippen molar-refractivity contribution in [1.29, 1.82) is 0 Å². The molecule has 2 heterocycles. The third-order valence-corrected chi connectivity index (χ3v) is 5.76. The molecule has 0 spiro atoms. The first-order valence-electron chi connectivity index (χ1n) is 8.33. The normalized spacial score (nSPS) is 25.9. The monoisotopic (exact) mass is 428 g/mol. The topological polar surface area (TPSA) is 39.7 Å². The van der Waals surface area contributed by atoms with Crippen molar-refractivity contribution in [2.45, 2.75) is 31.7 Å². The molecule has 2 aliphatic rings. The maximum absolute atomic E-state index is 11.7. The maximum Gasteiger partial charge on any atom is 0.237 e. The van der Waals surface area contributed by atoms with Gasteiger partial charge < -0.3 is 9.80 Å². The highest BCUT2D eigenvalue weighted by molar-refractivity contribution is 14.1. The van der Waals surface area contributed by atoms with Gasteiger partial charge in [-0.2, -0.15) is 0 Å². The number of rotatable bonds is 4. The minimum absolute atomic E-state index is 0.261. The first kappa shape index (κ1) is 17.0. The van der Waals surface area contributed by atoms with Gasteiger partial charge in [0.1, 0.15) is 5.82 Å². The third-order valence-electron chi connectivity index (χ3n) is 5.13. The van der Waals surface area contributed by atoms with Crippen molar-refractivity contribution in [2.24, 2.45) is 5.92 Å². The van der Waals surface area contributed by atoms with Crippen LogP contribution < -0.4 is 4.90 Å². The van der Waals surface area contributed by atoms with Crippen LogP contribution in [0.4, 0.5) is 5.82 Å². The number of carbonyl (C=O) groups is 1. The predicted octanol–water partition coefficient (Wildman–Crippen LogP) is 2.41. The highest BCUT2D eigenvalue weighted by atomic mass is 127. The van der Waals surface area contributed by atoms with E-state index in [-0.39, 0.29) is 5.91 Å². The van der Waals surface area contributed by atoms with Crippen LogP contribution in [0.3, 0.4) is 0 Å². The summed E-state index contributed by atoms with van der Waals surface area (Å²) in [7, 11) is 4.03. The number of anilines is 1. The van der Waals surface area contributed by atoms with E-state index in [1.165, 1.54) is 29.3 Å². The Morgan fingerprint density at radius 1 is 1.30 bits per heavy atom. The number of carbonyl (C=O) groups excluding carboxylic acids is 1. The van der Waals surface area contributed by atoms with Gasteiger partial charge in [0.15, 0.2) is 0 Å². The molecule has 0 bridgehead atoms. The Morgan fingerprint density at radius 3 is 2.61 bits per heavy atom. The minimum atomic E-state index is 0.261. The van der Waals surface area contributed by atoms with E-state index >= 15 is 0 Å². The fourth-order valence-electron chi connectivity index (χ4n) is 3.71. The van der Waals surface area contributed by atoms with Gasteiger partial charge in [-0.1, -0.05) is 0 Å². The van der Waals surface area contributed by atoms with E-state index in [0.717, 1.165) is 24.9 Å². The van der Waals surface area contributed by atoms with Gasteiger partial charge in [0, 0.05) is 36.4 Å². The highest BCUT2D eigenvalue weighted by Crippen LogP contribution is 2.30. The largest absolute Gasteiger partial charge is 0.359 e. The van der Waals surface area contributed by atoms with E-state index in [4.69, 9.17) is 0 Å². The zero-order valence-electron chi connectivity index (χ0n) is 13.9. The Bertz CT molecular complexity index is 542. The molecule has 1 aromatic heterocycles. The van der Waals surface area contributed by atoms with E-state index in [2.05, 4.69) is 56.6 Å². The van der Waals surface area contributed by atoms with Crippen molar-refractivity contribution in [2.75, 3.05) is 38.8 Å². The van der Waals surface area contributed by atoms with Gasteiger partial charge in [-0.15, -0.1) is 0 Å². The summed E-state index contributed by atoms with van der Waals surface area (Å²) in [5, 5.41) is 0. The number of nitrogens with zero attached hydrogens (tertiary/aromatic N) is 4. The molecule has 1 aromatic rings. The molecular formula is C17H25IN4O. The van der Waals surface area contributed by atoms with E-state index in [1.54, 1.807) is 0 Å². The highest BCUT2D eigenvalue weighted by Gasteiger charge is 2.32. The fourth-order valence-corrected chi connectivity index (χ4v) is 4.03. The molecule has 1 aliphatic heterocycles. The Morgan fingerprint density at radius 2 is 2.04 bits per heavy atom. The molecule has 1 saturated heterocycles. The lowest BCUT2D eigenvalue weighted by molar-refractivity contribution is -0.125. The molecule has 1 saturated carbocycles. The van der Waals surface area contributed by atoms with Crippen LogP contribution in [-0.2, 0) is 4.79 Å². The molecule has 1 aliphatic carbocycles. The molecule has 2 fully saturated rings. The second kappa shape index (κ2) is 7.34. The molecule has 5 nitrogen and oxygen atoms in total. The van der Waals surface area contributed by atoms with E-state index in [0.29, 0.717) is 12.6 Å². The molecule has 23 heavy (non-hydrogen) atoms. The number of halogens is 1. The smallest absolute Gasteiger partial charge is 0.237 e. The van der Waals surface area contributed by atoms with Crippen LogP contribution in [0.25, 0.3) is 0 Å². The number of hydrogen-bond donors (Lipinski definition) is 0.